The summed E-state index contributed by atoms with van der Waals surface area (Å²) in [6, 6.07) is 6.27. The fourth-order valence-corrected chi connectivity index (χ4v) is 2.61. The van der Waals surface area contributed by atoms with Crippen molar-refractivity contribution >= 4 is 11.9 Å². The summed E-state index contributed by atoms with van der Waals surface area (Å²) in [4.78, 5) is 17.7. The lowest BCUT2D eigenvalue weighted by atomic mass is 10.3. The average Bonchev–Trinajstić information content (AvgIpc) is 3.05. The molecule has 1 saturated heterocycles. The number of hydrogen-bond acceptors (Lipinski definition) is 3. The first-order chi connectivity index (χ1) is 11.6. The molecule has 0 bridgehead atoms. The van der Waals surface area contributed by atoms with Gasteiger partial charge in [-0.25, -0.2) is 4.39 Å². The van der Waals surface area contributed by atoms with Gasteiger partial charge in [0, 0.05) is 38.7 Å². The van der Waals surface area contributed by atoms with Crippen LogP contribution in [0.25, 0.3) is 0 Å². The minimum absolute atomic E-state index is 0.186. The molecule has 7 heteroatoms. The minimum Gasteiger partial charge on any atom is -0.492 e. The van der Waals surface area contributed by atoms with Crippen LogP contribution in [0.4, 0.5) is 4.39 Å². The molecule has 1 fully saturated rings. The van der Waals surface area contributed by atoms with E-state index in [-0.39, 0.29) is 17.8 Å². The smallest absolute Gasteiger partial charge is 0.222 e. The first kappa shape index (κ1) is 18.0. The number of guanidine groups is 1. The van der Waals surface area contributed by atoms with Gasteiger partial charge in [0.15, 0.2) is 5.96 Å². The molecule has 6 nitrogen and oxygen atoms in total. The summed E-state index contributed by atoms with van der Waals surface area (Å²) in [6.45, 7) is 4.30. The number of nitrogens with one attached hydrogen (secondary N) is 2. The molecule has 0 aromatic heterocycles. The highest BCUT2D eigenvalue weighted by Gasteiger charge is 2.25. The highest BCUT2D eigenvalue weighted by molar-refractivity contribution is 5.80. The van der Waals surface area contributed by atoms with Gasteiger partial charge in [-0.05, 0) is 18.6 Å². The van der Waals surface area contributed by atoms with Gasteiger partial charge in [0.1, 0.15) is 18.2 Å². The third-order valence-corrected chi connectivity index (χ3v) is 3.87. The van der Waals surface area contributed by atoms with Crippen molar-refractivity contribution < 1.29 is 13.9 Å². The van der Waals surface area contributed by atoms with Crippen LogP contribution in [0, 0.1) is 5.82 Å². The molecule has 1 heterocycles. The molecule has 1 aliphatic heterocycles. The summed E-state index contributed by atoms with van der Waals surface area (Å²) >= 11 is 0. The normalized spacial score (nSPS) is 17.7. The van der Waals surface area contributed by atoms with Crippen molar-refractivity contribution in [1.29, 1.82) is 0 Å². The molecular weight excluding hydrogens is 311 g/mol. The second-order valence-electron chi connectivity index (χ2n) is 5.63. The van der Waals surface area contributed by atoms with E-state index in [1.807, 2.05) is 11.8 Å². The Hall–Kier alpha value is -2.31. The average molecular weight is 336 g/mol. The number of carbonyl (C=O) groups excluding carboxylic acids is 1. The maximum Gasteiger partial charge on any atom is 0.222 e. The van der Waals surface area contributed by atoms with E-state index >= 15 is 0 Å². The Bertz CT molecular complexity index is 579. The third-order valence-electron chi connectivity index (χ3n) is 3.87. The van der Waals surface area contributed by atoms with Crippen molar-refractivity contribution in [2.75, 3.05) is 33.3 Å². The lowest BCUT2D eigenvalue weighted by Crippen LogP contribution is -2.46. The Morgan fingerprint density at radius 2 is 2.33 bits per heavy atom. The number of likely N-dealkylation sites (tertiary alicyclic amines) is 1. The number of benzene rings is 1. The number of aliphatic imine (C=N–C) groups is 1. The van der Waals surface area contributed by atoms with E-state index in [0.29, 0.717) is 37.8 Å². The van der Waals surface area contributed by atoms with Crippen molar-refractivity contribution in [3.63, 3.8) is 0 Å². The predicted octanol–water partition coefficient (Wildman–Crippen LogP) is 1.38. The van der Waals surface area contributed by atoms with E-state index in [9.17, 15) is 9.18 Å². The maximum atomic E-state index is 13.0. The lowest BCUT2D eigenvalue weighted by molar-refractivity contribution is -0.129. The van der Waals surface area contributed by atoms with Gasteiger partial charge in [0.05, 0.1) is 6.54 Å². The van der Waals surface area contributed by atoms with Crippen molar-refractivity contribution in [2.24, 2.45) is 4.99 Å². The molecule has 0 spiro atoms. The second kappa shape index (κ2) is 9.10. The van der Waals surface area contributed by atoms with Crippen LogP contribution in [0.5, 0.6) is 5.75 Å². The Kier molecular flexibility index (Phi) is 6.84. The molecule has 1 aromatic rings. The molecule has 1 aliphatic rings. The molecule has 2 rings (SSSR count). The topological polar surface area (TPSA) is 66.0 Å². The summed E-state index contributed by atoms with van der Waals surface area (Å²) in [5.74, 6) is 1.05. The Balaban J connectivity index is 1.69. The van der Waals surface area contributed by atoms with Crippen LogP contribution < -0.4 is 15.4 Å². The zero-order chi connectivity index (χ0) is 17.4. The number of ether oxygens (including phenoxy) is 1. The predicted molar refractivity (Wildman–Crippen MR) is 91.7 cm³/mol. The molecular formula is C17H25FN4O2. The molecule has 2 N–H and O–H groups in total. The van der Waals surface area contributed by atoms with E-state index in [2.05, 4.69) is 15.6 Å². The van der Waals surface area contributed by atoms with E-state index in [0.717, 1.165) is 13.0 Å². The van der Waals surface area contributed by atoms with Crippen LogP contribution in [0.15, 0.2) is 29.3 Å². The maximum absolute atomic E-state index is 13.0. The fraction of sp³-hybridized carbons (Fsp3) is 0.529. The first-order valence-electron chi connectivity index (χ1n) is 8.25. The zero-order valence-corrected chi connectivity index (χ0v) is 14.2. The summed E-state index contributed by atoms with van der Waals surface area (Å²) in [5, 5.41) is 6.47. The van der Waals surface area contributed by atoms with Gasteiger partial charge in [-0.2, -0.15) is 0 Å². The lowest BCUT2D eigenvalue weighted by Gasteiger charge is -2.18. The van der Waals surface area contributed by atoms with E-state index < -0.39 is 0 Å². The van der Waals surface area contributed by atoms with E-state index in [1.54, 1.807) is 19.2 Å². The minimum atomic E-state index is -0.314. The molecule has 0 aliphatic carbocycles. The van der Waals surface area contributed by atoms with Gasteiger partial charge in [-0.3, -0.25) is 9.79 Å². The Morgan fingerprint density at radius 1 is 1.50 bits per heavy atom. The summed E-state index contributed by atoms with van der Waals surface area (Å²) in [5.41, 5.74) is 0. The Labute approximate surface area is 142 Å². The molecule has 1 unspecified atom stereocenters. The van der Waals surface area contributed by atoms with Crippen LogP contribution in [-0.4, -0.2) is 56.1 Å². The molecule has 0 radical (unpaired) electrons. The van der Waals surface area contributed by atoms with Crippen LogP contribution in [0.1, 0.15) is 19.8 Å². The van der Waals surface area contributed by atoms with Gasteiger partial charge in [0.2, 0.25) is 5.91 Å². The monoisotopic (exact) mass is 336 g/mol. The van der Waals surface area contributed by atoms with Crippen LogP contribution in [0.2, 0.25) is 0 Å². The fourth-order valence-electron chi connectivity index (χ4n) is 2.61. The van der Waals surface area contributed by atoms with Gasteiger partial charge >= 0.3 is 0 Å². The summed E-state index contributed by atoms with van der Waals surface area (Å²) < 4.78 is 18.5. The van der Waals surface area contributed by atoms with Gasteiger partial charge < -0.3 is 20.3 Å². The standard InChI is InChI=1S/C17H25FN4O2/c1-3-16(23)22-9-7-14(12-22)21-17(19-2)20-8-10-24-15-6-4-5-13(18)11-15/h4-6,11,14H,3,7-10,12H2,1-2H3,(H2,19,20,21). The van der Waals surface area contributed by atoms with Crippen molar-refractivity contribution in [3.05, 3.63) is 30.1 Å². The van der Waals surface area contributed by atoms with Gasteiger partial charge in [-0.1, -0.05) is 13.0 Å². The highest BCUT2D eigenvalue weighted by Crippen LogP contribution is 2.11. The summed E-state index contributed by atoms with van der Waals surface area (Å²) in [7, 11) is 1.70. The number of amides is 1. The van der Waals surface area contributed by atoms with Crippen LogP contribution in [0.3, 0.4) is 0 Å². The molecule has 1 aromatic carbocycles. The van der Waals surface area contributed by atoms with Gasteiger partial charge in [-0.15, -0.1) is 0 Å². The quantitative estimate of drug-likeness (QED) is 0.468. The van der Waals surface area contributed by atoms with Crippen molar-refractivity contribution in [3.8, 4) is 5.75 Å². The Morgan fingerprint density at radius 3 is 3.04 bits per heavy atom. The van der Waals surface area contributed by atoms with E-state index in [4.69, 9.17) is 4.74 Å². The molecule has 132 valence electrons. The molecule has 0 saturated carbocycles. The van der Waals surface area contributed by atoms with Crippen molar-refractivity contribution in [1.82, 2.24) is 15.5 Å². The molecule has 24 heavy (non-hydrogen) atoms. The van der Waals surface area contributed by atoms with Gasteiger partial charge in [0.25, 0.3) is 0 Å². The molecule has 1 atom stereocenters. The van der Waals surface area contributed by atoms with E-state index in [1.165, 1.54) is 12.1 Å². The number of carbonyl (C=O) groups is 1. The largest absolute Gasteiger partial charge is 0.492 e. The summed E-state index contributed by atoms with van der Waals surface area (Å²) in [6.07, 6.45) is 1.45. The highest BCUT2D eigenvalue weighted by atomic mass is 19.1. The number of halogens is 1. The zero-order valence-electron chi connectivity index (χ0n) is 14.2. The first-order valence-corrected chi connectivity index (χ1v) is 8.25. The molecule has 1 amide bonds. The van der Waals surface area contributed by atoms with Crippen LogP contribution >= 0.6 is 0 Å². The SMILES string of the molecule is CCC(=O)N1CCC(NC(=NC)NCCOc2cccc(F)c2)C1. The number of hydrogen-bond donors (Lipinski definition) is 2. The number of rotatable bonds is 6. The third kappa shape index (κ3) is 5.40. The second-order valence-corrected chi connectivity index (χ2v) is 5.63. The van der Waals surface area contributed by atoms with Crippen LogP contribution in [-0.2, 0) is 4.79 Å². The number of nitrogens with zero attached hydrogens (tertiary/aromatic N) is 2. The van der Waals surface area contributed by atoms with Crippen molar-refractivity contribution in [2.45, 2.75) is 25.8 Å².